The molecule has 5 nitrogen and oxygen atoms in total. The fourth-order valence-electron chi connectivity index (χ4n) is 3.86. The Hall–Kier alpha value is -3.18. The Labute approximate surface area is 178 Å². The Kier molecular flexibility index (Phi) is 6.10. The van der Waals surface area contributed by atoms with Crippen molar-refractivity contribution < 1.29 is 4.79 Å². The molecule has 0 radical (unpaired) electrons. The van der Waals surface area contributed by atoms with Crippen molar-refractivity contribution in [1.82, 2.24) is 15.2 Å². The van der Waals surface area contributed by atoms with Crippen molar-refractivity contribution in [2.24, 2.45) is 0 Å². The first-order valence-electron chi connectivity index (χ1n) is 10.4. The van der Waals surface area contributed by atoms with E-state index in [2.05, 4.69) is 45.3 Å². The van der Waals surface area contributed by atoms with Gasteiger partial charge in [0.1, 0.15) is 0 Å². The highest BCUT2D eigenvalue weighted by Gasteiger charge is 2.17. The van der Waals surface area contributed by atoms with Crippen molar-refractivity contribution in [3.05, 3.63) is 83.6 Å². The molecule has 1 saturated heterocycles. The molecule has 0 atom stereocenters. The van der Waals surface area contributed by atoms with Crippen LogP contribution in [0.1, 0.15) is 21.6 Å². The molecule has 0 unspecified atom stereocenters. The van der Waals surface area contributed by atoms with Crippen LogP contribution in [0.5, 0.6) is 0 Å². The Morgan fingerprint density at radius 1 is 0.933 bits per heavy atom. The maximum absolute atomic E-state index is 12.8. The normalized spacial score (nSPS) is 14.5. The van der Waals surface area contributed by atoms with Crippen molar-refractivity contribution in [3.8, 4) is 11.3 Å². The van der Waals surface area contributed by atoms with Gasteiger partial charge in [-0.2, -0.15) is 0 Å². The van der Waals surface area contributed by atoms with Crippen LogP contribution in [0.2, 0.25) is 0 Å². The number of hydrogen-bond acceptors (Lipinski definition) is 4. The SMILES string of the molecule is Cc1nc(-c2ccccc2)ccc1C(=O)NCc1ccccc1N1CCN(C)CC1. The highest BCUT2D eigenvalue weighted by atomic mass is 16.1. The van der Waals surface area contributed by atoms with Gasteiger partial charge in [-0.15, -0.1) is 0 Å². The van der Waals surface area contributed by atoms with Crippen molar-refractivity contribution in [1.29, 1.82) is 0 Å². The van der Waals surface area contributed by atoms with E-state index in [1.807, 2.05) is 55.5 Å². The minimum Gasteiger partial charge on any atom is -0.369 e. The number of anilines is 1. The molecule has 2 heterocycles. The molecule has 0 bridgehead atoms. The third kappa shape index (κ3) is 4.52. The predicted molar refractivity (Wildman–Crippen MR) is 122 cm³/mol. The molecule has 30 heavy (non-hydrogen) atoms. The lowest BCUT2D eigenvalue weighted by Gasteiger charge is -2.35. The van der Waals surface area contributed by atoms with Gasteiger partial charge in [0.2, 0.25) is 0 Å². The summed E-state index contributed by atoms with van der Waals surface area (Å²) in [5.74, 6) is -0.0900. The smallest absolute Gasteiger partial charge is 0.253 e. The number of aromatic nitrogens is 1. The van der Waals surface area contributed by atoms with Gasteiger partial charge in [0, 0.05) is 44.0 Å². The third-order valence-electron chi connectivity index (χ3n) is 5.67. The quantitative estimate of drug-likeness (QED) is 0.709. The number of nitrogens with zero attached hydrogens (tertiary/aromatic N) is 3. The fraction of sp³-hybridized carbons (Fsp3) is 0.280. The summed E-state index contributed by atoms with van der Waals surface area (Å²) >= 11 is 0. The van der Waals surface area contributed by atoms with E-state index >= 15 is 0 Å². The van der Waals surface area contributed by atoms with Gasteiger partial charge in [0.25, 0.3) is 5.91 Å². The number of para-hydroxylation sites is 1. The molecular weight excluding hydrogens is 372 g/mol. The second-order valence-corrected chi connectivity index (χ2v) is 7.80. The molecule has 154 valence electrons. The average molecular weight is 401 g/mol. The van der Waals surface area contributed by atoms with Gasteiger partial charge in [-0.25, -0.2) is 0 Å². The number of carbonyl (C=O) groups is 1. The number of rotatable bonds is 5. The monoisotopic (exact) mass is 400 g/mol. The van der Waals surface area contributed by atoms with Crippen LogP contribution in [0.15, 0.2) is 66.7 Å². The van der Waals surface area contributed by atoms with Gasteiger partial charge in [-0.05, 0) is 37.7 Å². The molecule has 2 aromatic carbocycles. The van der Waals surface area contributed by atoms with E-state index in [0.29, 0.717) is 12.1 Å². The third-order valence-corrected chi connectivity index (χ3v) is 5.67. The minimum atomic E-state index is -0.0900. The Bertz CT molecular complexity index is 1010. The van der Waals surface area contributed by atoms with Gasteiger partial charge in [-0.3, -0.25) is 9.78 Å². The fourth-order valence-corrected chi connectivity index (χ4v) is 3.86. The molecule has 1 aliphatic rings. The van der Waals surface area contributed by atoms with E-state index in [1.165, 1.54) is 5.69 Å². The molecule has 3 aromatic rings. The molecule has 1 N–H and O–H groups in total. The largest absolute Gasteiger partial charge is 0.369 e. The van der Waals surface area contributed by atoms with Gasteiger partial charge in [-0.1, -0.05) is 48.5 Å². The summed E-state index contributed by atoms with van der Waals surface area (Å²) in [7, 11) is 2.16. The van der Waals surface area contributed by atoms with Crippen LogP contribution >= 0.6 is 0 Å². The summed E-state index contributed by atoms with van der Waals surface area (Å²) in [6.07, 6.45) is 0. The summed E-state index contributed by atoms with van der Waals surface area (Å²) in [4.78, 5) is 22.2. The first kappa shape index (κ1) is 20.1. The Morgan fingerprint density at radius 3 is 2.37 bits per heavy atom. The predicted octanol–water partition coefficient (Wildman–Crippen LogP) is 3.74. The van der Waals surface area contributed by atoms with Gasteiger partial charge in [0.05, 0.1) is 17.0 Å². The number of carbonyl (C=O) groups excluding carboxylic acids is 1. The topological polar surface area (TPSA) is 48.5 Å². The van der Waals surface area contributed by atoms with Crippen LogP contribution in [0.3, 0.4) is 0 Å². The van der Waals surface area contributed by atoms with Crippen molar-refractivity contribution in [2.75, 3.05) is 38.1 Å². The van der Waals surface area contributed by atoms with Crippen LogP contribution in [0.4, 0.5) is 5.69 Å². The molecule has 1 fully saturated rings. The average Bonchev–Trinajstić information content (AvgIpc) is 2.79. The lowest BCUT2D eigenvalue weighted by Crippen LogP contribution is -2.45. The van der Waals surface area contributed by atoms with E-state index in [4.69, 9.17) is 0 Å². The number of likely N-dealkylation sites (N-methyl/N-ethyl adjacent to an activating group) is 1. The van der Waals surface area contributed by atoms with Crippen molar-refractivity contribution in [3.63, 3.8) is 0 Å². The Balaban J connectivity index is 1.45. The zero-order valence-electron chi connectivity index (χ0n) is 17.6. The maximum atomic E-state index is 12.8. The number of aryl methyl sites for hydroxylation is 1. The summed E-state index contributed by atoms with van der Waals surface area (Å²) in [6.45, 7) is 6.51. The van der Waals surface area contributed by atoms with E-state index in [0.717, 1.165) is 48.7 Å². The standard InChI is InChI=1S/C25H28N4O/c1-19-22(12-13-23(27-19)20-8-4-3-5-9-20)25(30)26-18-21-10-6-7-11-24(21)29-16-14-28(2)15-17-29/h3-13H,14-18H2,1-2H3,(H,26,30). The van der Waals surface area contributed by atoms with E-state index < -0.39 is 0 Å². The second-order valence-electron chi connectivity index (χ2n) is 7.80. The summed E-state index contributed by atoms with van der Waals surface area (Å²) in [5.41, 5.74) is 5.63. The van der Waals surface area contributed by atoms with Crippen molar-refractivity contribution in [2.45, 2.75) is 13.5 Å². The first-order chi connectivity index (χ1) is 14.6. The molecule has 1 aromatic heterocycles. The summed E-state index contributed by atoms with van der Waals surface area (Å²) in [5, 5.41) is 3.09. The lowest BCUT2D eigenvalue weighted by atomic mass is 10.1. The van der Waals surface area contributed by atoms with Gasteiger partial charge in [0.15, 0.2) is 0 Å². The Morgan fingerprint density at radius 2 is 1.63 bits per heavy atom. The molecule has 4 rings (SSSR count). The highest BCUT2D eigenvalue weighted by Crippen LogP contribution is 2.22. The van der Waals surface area contributed by atoms with E-state index in [9.17, 15) is 4.79 Å². The highest BCUT2D eigenvalue weighted by molar-refractivity contribution is 5.95. The molecule has 0 aliphatic carbocycles. The number of piperazine rings is 1. The van der Waals surface area contributed by atoms with Gasteiger partial charge >= 0.3 is 0 Å². The minimum absolute atomic E-state index is 0.0900. The van der Waals surface area contributed by atoms with Crippen LogP contribution in [-0.2, 0) is 6.54 Å². The summed E-state index contributed by atoms with van der Waals surface area (Å²) < 4.78 is 0. The zero-order chi connectivity index (χ0) is 20.9. The molecule has 1 aliphatic heterocycles. The number of pyridine rings is 1. The lowest BCUT2D eigenvalue weighted by molar-refractivity contribution is 0.0950. The molecular formula is C25H28N4O. The maximum Gasteiger partial charge on any atom is 0.253 e. The van der Waals surface area contributed by atoms with Crippen LogP contribution in [0, 0.1) is 6.92 Å². The molecule has 0 saturated carbocycles. The van der Waals surface area contributed by atoms with Crippen molar-refractivity contribution >= 4 is 11.6 Å². The molecule has 5 heteroatoms. The number of hydrogen-bond donors (Lipinski definition) is 1. The molecule has 1 amide bonds. The number of benzene rings is 2. The summed E-state index contributed by atoms with van der Waals surface area (Å²) in [6, 6.07) is 22.1. The second kappa shape index (κ2) is 9.09. The molecule has 0 spiro atoms. The van der Waals surface area contributed by atoms with Crippen LogP contribution < -0.4 is 10.2 Å². The van der Waals surface area contributed by atoms with Gasteiger partial charge < -0.3 is 15.1 Å². The number of amides is 1. The van der Waals surface area contributed by atoms with E-state index in [-0.39, 0.29) is 5.91 Å². The number of nitrogens with one attached hydrogen (secondary N) is 1. The van der Waals surface area contributed by atoms with E-state index in [1.54, 1.807) is 0 Å². The van der Waals surface area contributed by atoms with Crippen LogP contribution in [-0.4, -0.2) is 49.0 Å². The zero-order valence-corrected chi connectivity index (χ0v) is 17.6. The first-order valence-corrected chi connectivity index (χ1v) is 10.4. The van der Waals surface area contributed by atoms with Crippen LogP contribution in [0.25, 0.3) is 11.3 Å².